The third-order valence-electron chi connectivity index (χ3n) is 4.78. The molecule has 8 heteroatoms. The number of allylic oxidation sites excluding steroid dienone is 1. The van der Waals surface area contributed by atoms with Crippen molar-refractivity contribution in [2.45, 2.75) is 31.3 Å². The summed E-state index contributed by atoms with van der Waals surface area (Å²) in [5, 5.41) is 20.8. The molecule has 32 heavy (non-hydrogen) atoms. The number of cyclic esters (lactones) is 1. The number of carbonyl (C=O) groups is 1. The summed E-state index contributed by atoms with van der Waals surface area (Å²) in [6.07, 6.45) is 0. The number of methoxy groups -OCH3 is 1. The van der Waals surface area contributed by atoms with Gasteiger partial charge in [0, 0.05) is 19.6 Å². The SMILES string of the molecule is COc1ccc([C@H](C2=C(O)OC(C)(C)OC2=O)/C(C#N)=C(\N)SCc2ccccc2)cc1. The van der Waals surface area contributed by atoms with Crippen LogP contribution in [0, 0.1) is 11.3 Å². The van der Waals surface area contributed by atoms with Crippen LogP contribution in [0.3, 0.4) is 0 Å². The molecular weight excluding hydrogens is 428 g/mol. The van der Waals surface area contributed by atoms with Crippen molar-refractivity contribution < 1.29 is 24.1 Å². The summed E-state index contributed by atoms with van der Waals surface area (Å²) in [6.45, 7) is 3.01. The molecule has 1 aliphatic heterocycles. The summed E-state index contributed by atoms with van der Waals surface area (Å²) < 4.78 is 15.9. The minimum Gasteiger partial charge on any atom is -0.497 e. The van der Waals surface area contributed by atoms with Crippen LogP contribution in [-0.4, -0.2) is 24.0 Å². The molecule has 166 valence electrons. The van der Waals surface area contributed by atoms with Gasteiger partial charge < -0.3 is 25.1 Å². The molecule has 0 spiro atoms. The lowest BCUT2D eigenvalue weighted by Gasteiger charge is -2.33. The summed E-state index contributed by atoms with van der Waals surface area (Å²) in [6, 6.07) is 18.6. The highest BCUT2D eigenvalue weighted by atomic mass is 32.2. The maximum atomic E-state index is 12.9. The summed E-state index contributed by atoms with van der Waals surface area (Å²) in [5.74, 6) is -2.57. The Morgan fingerprint density at radius 3 is 2.41 bits per heavy atom. The number of nitrogens with two attached hydrogens (primary N) is 1. The fourth-order valence-electron chi connectivity index (χ4n) is 3.26. The van der Waals surface area contributed by atoms with Gasteiger partial charge in [-0.05, 0) is 23.3 Å². The van der Waals surface area contributed by atoms with E-state index in [-0.39, 0.29) is 16.2 Å². The number of esters is 1. The van der Waals surface area contributed by atoms with Gasteiger partial charge in [-0.25, -0.2) is 4.79 Å². The molecule has 0 aliphatic carbocycles. The second-order valence-electron chi connectivity index (χ2n) is 7.48. The van der Waals surface area contributed by atoms with Crippen LogP contribution in [0.25, 0.3) is 0 Å². The molecule has 0 fully saturated rings. The van der Waals surface area contributed by atoms with Crippen LogP contribution in [0.5, 0.6) is 5.75 Å². The van der Waals surface area contributed by atoms with E-state index in [0.717, 1.165) is 5.56 Å². The molecular formula is C24H24N2O5S. The maximum absolute atomic E-state index is 12.9. The van der Waals surface area contributed by atoms with E-state index in [0.29, 0.717) is 17.1 Å². The molecule has 7 nitrogen and oxygen atoms in total. The molecule has 0 saturated heterocycles. The van der Waals surface area contributed by atoms with Crippen molar-refractivity contribution in [1.82, 2.24) is 0 Å². The van der Waals surface area contributed by atoms with Crippen molar-refractivity contribution in [2.24, 2.45) is 5.73 Å². The molecule has 2 aromatic carbocycles. The highest BCUT2D eigenvalue weighted by Gasteiger charge is 2.42. The number of hydrogen-bond donors (Lipinski definition) is 2. The van der Waals surface area contributed by atoms with E-state index in [1.807, 2.05) is 30.3 Å². The van der Waals surface area contributed by atoms with Gasteiger partial charge in [0.1, 0.15) is 11.3 Å². The molecule has 0 radical (unpaired) electrons. The Morgan fingerprint density at radius 1 is 1.19 bits per heavy atom. The first-order chi connectivity index (χ1) is 15.3. The van der Waals surface area contributed by atoms with Crippen LogP contribution < -0.4 is 10.5 Å². The smallest absolute Gasteiger partial charge is 0.345 e. The number of rotatable bonds is 7. The van der Waals surface area contributed by atoms with E-state index in [9.17, 15) is 15.2 Å². The normalized spacial score (nSPS) is 16.9. The molecule has 0 aromatic heterocycles. The Kier molecular flexibility index (Phi) is 7.01. The molecule has 0 bridgehead atoms. The zero-order chi connectivity index (χ0) is 23.3. The van der Waals surface area contributed by atoms with Gasteiger partial charge in [0.25, 0.3) is 11.7 Å². The van der Waals surface area contributed by atoms with Crippen molar-refractivity contribution in [1.29, 1.82) is 5.26 Å². The van der Waals surface area contributed by atoms with E-state index in [1.54, 1.807) is 24.3 Å². The number of nitriles is 1. The average molecular weight is 453 g/mol. The Balaban J connectivity index is 2.08. The van der Waals surface area contributed by atoms with Gasteiger partial charge in [-0.2, -0.15) is 5.26 Å². The Morgan fingerprint density at radius 2 is 1.84 bits per heavy atom. The van der Waals surface area contributed by atoms with Crippen molar-refractivity contribution in [2.75, 3.05) is 7.11 Å². The fraction of sp³-hybridized carbons (Fsp3) is 0.250. The quantitative estimate of drug-likeness (QED) is 0.467. The van der Waals surface area contributed by atoms with E-state index < -0.39 is 23.6 Å². The van der Waals surface area contributed by atoms with Gasteiger partial charge in [-0.1, -0.05) is 42.5 Å². The highest BCUT2D eigenvalue weighted by Crippen LogP contribution is 2.41. The molecule has 3 N–H and O–H groups in total. The van der Waals surface area contributed by atoms with E-state index >= 15 is 0 Å². The Bertz CT molecular complexity index is 1090. The van der Waals surface area contributed by atoms with Crippen LogP contribution in [0.15, 0.2) is 76.7 Å². The number of carbonyl (C=O) groups excluding carboxylic acids is 1. The van der Waals surface area contributed by atoms with Crippen LogP contribution in [0.4, 0.5) is 0 Å². The van der Waals surface area contributed by atoms with Gasteiger partial charge in [0.05, 0.1) is 29.7 Å². The van der Waals surface area contributed by atoms with Gasteiger partial charge in [0.2, 0.25) is 0 Å². The molecule has 3 rings (SSSR count). The first-order valence-corrected chi connectivity index (χ1v) is 10.8. The standard InChI is InChI=1S/C24H24N2O5S/c1-24(2)30-22(27)20(23(28)31-24)19(16-9-11-17(29-3)12-10-16)18(13-25)21(26)32-14-15-7-5-4-6-8-15/h4-12,19,27H,14,26H2,1-3H3/b21-18+/t19-/m0/s1. The largest absolute Gasteiger partial charge is 0.497 e. The monoisotopic (exact) mass is 452 g/mol. The second-order valence-corrected chi connectivity index (χ2v) is 8.50. The Hall–Kier alpha value is -3.57. The zero-order valence-corrected chi connectivity index (χ0v) is 18.8. The number of benzene rings is 2. The average Bonchev–Trinajstić information content (AvgIpc) is 2.76. The minimum atomic E-state index is -1.33. The zero-order valence-electron chi connectivity index (χ0n) is 18.0. The van der Waals surface area contributed by atoms with Crippen molar-refractivity contribution in [3.63, 3.8) is 0 Å². The third kappa shape index (κ3) is 5.18. The van der Waals surface area contributed by atoms with E-state index in [2.05, 4.69) is 6.07 Å². The van der Waals surface area contributed by atoms with Crippen molar-refractivity contribution >= 4 is 17.7 Å². The van der Waals surface area contributed by atoms with Gasteiger partial charge in [0.15, 0.2) is 0 Å². The minimum absolute atomic E-state index is 0.109. The molecule has 0 unspecified atom stereocenters. The fourth-order valence-corrected chi connectivity index (χ4v) is 4.10. The Labute approximate surface area is 191 Å². The first-order valence-electron chi connectivity index (χ1n) is 9.81. The number of nitrogens with zero attached hydrogens (tertiary/aromatic N) is 1. The number of ether oxygens (including phenoxy) is 3. The van der Waals surface area contributed by atoms with Crippen LogP contribution in [0.1, 0.15) is 30.9 Å². The van der Waals surface area contributed by atoms with E-state index in [4.69, 9.17) is 19.9 Å². The summed E-state index contributed by atoms with van der Waals surface area (Å²) in [4.78, 5) is 12.9. The van der Waals surface area contributed by atoms with Gasteiger partial charge >= 0.3 is 5.97 Å². The molecule has 0 amide bonds. The number of thioether (sulfide) groups is 1. The summed E-state index contributed by atoms with van der Waals surface area (Å²) in [5.41, 5.74) is 7.82. The van der Waals surface area contributed by atoms with Crippen molar-refractivity contribution in [3.05, 3.63) is 87.8 Å². The lowest BCUT2D eigenvalue weighted by Crippen LogP contribution is -2.38. The van der Waals surface area contributed by atoms with Gasteiger partial charge in [-0.3, -0.25) is 0 Å². The topological polar surface area (TPSA) is 115 Å². The highest BCUT2D eigenvalue weighted by molar-refractivity contribution is 8.02. The first kappa shape index (κ1) is 23.1. The molecule has 2 aromatic rings. The van der Waals surface area contributed by atoms with Crippen LogP contribution in [0.2, 0.25) is 0 Å². The third-order valence-corrected chi connectivity index (χ3v) is 5.79. The lowest BCUT2D eigenvalue weighted by molar-refractivity contribution is -0.222. The van der Waals surface area contributed by atoms with Gasteiger partial charge in [-0.15, -0.1) is 11.8 Å². The molecule has 1 atom stereocenters. The van der Waals surface area contributed by atoms with Crippen LogP contribution >= 0.6 is 11.8 Å². The molecule has 0 saturated carbocycles. The predicted octanol–water partition coefficient (Wildman–Crippen LogP) is 4.49. The van der Waals surface area contributed by atoms with Crippen LogP contribution in [-0.2, 0) is 20.0 Å². The summed E-state index contributed by atoms with van der Waals surface area (Å²) >= 11 is 1.27. The number of hydrogen-bond acceptors (Lipinski definition) is 8. The maximum Gasteiger partial charge on any atom is 0.345 e. The molecule has 1 aliphatic rings. The predicted molar refractivity (Wildman–Crippen MR) is 121 cm³/mol. The molecule has 1 heterocycles. The van der Waals surface area contributed by atoms with Crippen molar-refractivity contribution in [3.8, 4) is 11.8 Å². The lowest BCUT2D eigenvalue weighted by atomic mass is 9.85. The van der Waals surface area contributed by atoms with E-state index in [1.165, 1.54) is 32.7 Å². The summed E-state index contributed by atoms with van der Waals surface area (Å²) in [7, 11) is 1.54. The number of aliphatic hydroxyl groups excluding tert-OH is 1. The second kappa shape index (κ2) is 9.71. The number of aliphatic hydroxyl groups is 1.